The fraction of sp³-hybridized carbons (Fsp3) is 0.857. The van der Waals surface area contributed by atoms with E-state index < -0.39 is 11.9 Å². The number of carbonyl (C=O) groups is 2. The highest BCUT2D eigenvalue weighted by Gasteiger charge is 2.25. The Morgan fingerprint density at radius 1 is 0.700 bits per heavy atom. The van der Waals surface area contributed by atoms with Crippen LogP contribution in [0.3, 0.4) is 0 Å². The molecule has 0 radical (unpaired) electrons. The molecule has 0 aromatic rings. The summed E-state index contributed by atoms with van der Waals surface area (Å²) < 4.78 is 0. The van der Waals surface area contributed by atoms with Crippen molar-refractivity contribution in [3.63, 3.8) is 0 Å². The molecule has 2 saturated carbocycles. The number of hydrogen-bond donors (Lipinski definition) is 4. The first-order chi connectivity index (χ1) is 9.40. The lowest BCUT2D eigenvalue weighted by Gasteiger charge is -2.21. The first kappa shape index (κ1) is 16.9. The molecule has 6 nitrogen and oxygen atoms in total. The van der Waals surface area contributed by atoms with E-state index in [0.29, 0.717) is 12.8 Å². The molecule has 0 aromatic carbocycles. The summed E-state index contributed by atoms with van der Waals surface area (Å²) in [6.07, 6.45) is 4.80. The minimum Gasteiger partial charge on any atom is -0.481 e. The van der Waals surface area contributed by atoms with E-state index in [2.05, 4.69) is 0 Å². The molecule has 2 aliphatic rings. The van der Waals surface area contributed by atoms with Crippen molar-refractivity contribution in [1.29, 1.82) is 0 Å². The lowest BCUT2D eigenvalue weighted by Crippen LogP contribution is -2.25. The van der Waals surface area contributed by atoms with Gasteiger partial charge >= 0.3 is 11.9 Å². The van der Waals surface area contributed by atoms with E-state index in [1.807, 2.05) is 0 Å². The van der Waals surface area contributed by atoms with E-state index in [0.717, 1.165) is 38.5 Å². The van der Waals surface area contributed by atoms with Gasteiger partial charge in [0, 0.05) is 0 Å². The molecule has 0 aromatic heterocycles. The van der Waals surface area contributed by atoms with Gasteiger partial charge in [0.05, 0.1) is 24.0 Å². The van der Waals surface area contributed by atoms with E-state index in [9.17, 15) is 9.59 Å². The lowest BCUT2D eigenvalue weighted by molar-refractivity contribution is -0.145. The Hall–Kier alpha value is -1.14. The van der Waals surface area contributed by atoms with Crippen LogP contribution >= 0.6 is 0 Å². The Balaban J connectivity index is 0.000000200. The average molecular weight is 288 g/mol. The van der Waals surface area contributed by atoms with Crippen LogP contribution in [0.15, 0.2) is 0 Å². The number of rotatable bonds is 2. The summed E-state index contributed by atoms with van der Waals surface area (Å²) in [5.41, 5.74) is 0. The molecule has 0 aliphatic heterocycles. The SMILES string of the molecule is O=C(O)[C@@H]1CCC[C@@H](O)C1.O=C(O)[C@H]1CCC[C@H](O)C1. The fourth-order valence-corrected chi connectivity index (χ4v) is 2.78. The maximum absolute atomic E-state index is 10.4. The molecule has 4 N–H and O–H groups in total. The van der Waals surface area contributed by atoms with Crippen LogP contribution in [0.2, 0.25) is 0 Å². The molecule has 0 bridgehead atoms. The van der Waals surface area contributed by atoms with E-state index in [-0.39, 0.29) is 24.0 Å². The number of aliphatic carboxylic acids is 2. The summed E-state index contributed by atoms with van der Waals surface area (Å²) in [7, 11) is 0. The quantitative estimate of drug-likeness (QED) is 0.608. The summed E-state index contributed by atoms with van der Waals surface area (Å²) in [5, 5.41) is 35.2. The molecular formula is C14H24O6. The Bertz CT molecular complexity index is 298. The van der Waals surface area contributed by atoms with Gasteiger partial charge in [-0.3, -0.25) is 9.59 Å². The van der Waals surface area contributed by atoms with Gasteiger partial charge in [-0.25, -0.2) is 0 Å². The van der Waals surface area contributed by atoms with Gasteiger partial charge < -0.3 is 20.4 Å². The minimum absolute atomic E-state index is 0.302. The maximum Gasteiger partial charge on any atom is 0.306 e. The number of aliphatic hydroxyl groups excluding tert-OH is 2. The van der Waals surface area contributed by atoms with Crippen molar-refractivity contribution in [3.8, 4) is 0 Å². The van der Waals surface area contributed by atoms with Crippen molar-refractivity contribution >= 4 is 11.9 Å². The second kappa shape index (κ2) is 8.21. The van der Waals surface area contributed by atoms with Crippen molar-refractivity contribution in [2.24, 2.45) is 11.8 Å². The smallest absolute Gasteiger partial charge is 0.306 e. The second-order valence-electron chi connectivity index (χ2n) is 5.71. The largest absolute Gasteiger partial charge is 0.481 e. The van der Waals surface area contributed by atoms with E-state index in [1.54, 1.807) is 0 Å². The van der Waals surface area contributed by atoms with Crippen molar-refractivity contribution < 1.29 is 30.0 Å². The van der Waals surface area contributed by atoms with Gasteiger partial charge in [-0.05, 0) is 38.5 Å². The molecule has 2 rings (SSSR count). The summed E-state index contributed by atoms with van der Waals surface area (Å²) >= 11 is 0. The van der Waals surface area contributed by atoms with Crippen molar-refractivity contribution in [2.75, 3.05) is 0 Å². The number of carboxylic acid groups (broad SMARTS) is 2. The van der Waals surface area contributed by atoms with Crippen molar-refractivity contribution in [3.05, 3.63) is 0 Å². The van der Waals surface area contributed by atoms with Crippen LogP contribution in [0.5, 0.6) is 0 Å². The minimum atomic E-state index is -0.765. The third kappa shape index (κ3) is 5.88. The van der Waals surface area contributed by atoms with Crippen LogP contribution in [0.25, 0.3) is 0 Å². The normalized spacial score (nSPS) is 33.7. The first-order valence-corrected chi connectivity index (χ1v) is 7.22. The molecule has 6 heteroatoms. The van der Waals surface area contributed by atoms with Crippen LogP contribution < -0.4 is 0 Å². The van der Waals surface area contributed by atoms with Crippen LogP contribution in [-0.4, -0.2) is 44.6 Å². The molecule has 2 fully saturated rings. The van der Waals surface area contributed by atoms with Gasteiger partial charge in [0.1, 0.15) is 0 Å². The van der Waals surface area contributed by atoms with Crippen LogP contribution in [0.4, 0.5) is 0 Å². The number of hydrogen-bond acceptors (Lipinski definition) is 4. The van der Waals surface area contributed by atoms with E-state index in [1.165, 1.54) is 0 Å². The van der Waals surface area contributed by atoms with Gasteiger partial charge in [-0.2, -0.15) is 0 Å². The highest BCUT2D eigenvalue weighted by Crippen LogP contribution is 2.24. The Labute approximate surface area is 118 Å². The fourth-order valence-electron chi connectivity index (χ4n) is 2.78. The third-order valence-electron chi connectivity index (χ3n) is 3.99. The number of carboxylic acids is 2. The second-order valence-corrected chi connectivity index (χ2v) is 5.71. The predicted octanol–water partition coefficient (Wildman–Crippen LogP) is 1.24. The Morgan fingerprint density at radius 3 is 1.25 bits per heavy atom. The zero-order valence-corrected chi connectivity index (χ0v) is 11.6. The highest BCUT2D eigenvalue weighted by atomic mass is 16.4. The summed E-state index contributed by atoms with van der Waals surface area (Å²) in [6, 6.07) is 0. The third-order valence-corrected chi connectivity index (χ3v) is 3.99. The van der Waals surface area contributed by atoms with Gasteiger partial charge in [0.2, 0.25) is 0 Å². The molecule has 2 aliphatic carbocycles. The zero-order valence-electron chi connectivity index (χ0n) is 11.6. The molecule has 0 spiro atoms. The average Bonchev–Trinajstić information content (AvgIpc) is 2.39. The zero-order chi connectivity index (χ0) is 15.1. The Morgan fingerprint density at radius 2 is 1.05 bits per heavy atom. The molecular weight excluding hydrogens is 264 g/mol. The molecule has 0 amide bonds. The highest BCUT2D eigenvalue weighted by molar-refractivity contribution is 5.70. The van der Waals surface area contributed by atoms with Gasteiger partial charge in [0.25, 0.3) is 0 Å². The van der Waals surface area contributed by atoms with Crippen LogP contribution in [0.1, 0.15) is 51.4 Å². The number of aliphatic hydroxyl groups is 2. The van der Waals surface area contributed by atoms with Crippen LogP contribution in [0, 0.1) is 11.8 Å². The van der Waals surface area contributed by atoms with Gasteiger partial charge in [-0.15, -0.1) is 0 Å². The molecule has 20 heavy (non-hydrogen) atoms. The van der Waals surface area contributed by atoms with Crippen LogP contribution in [-0.2, 0) is 9.59 Å². The first-order valence-electron chi connectivity index (χ1n) is 7.22. The van der Waals surface area contributed by atoms with E-state index in [4.69, 9.17) is 20.4 Å². The summed E-state index contributed by atoms with van der Waals surface area (Å²) in [4.78, 5) is 20.8. The van der Waals surface area contributed by atoms with Gasteiger partial charge in [-0.1, -0.05) is 12.8 Å². The van der Waals surface area contributed by atoms with Gasteiger partial charge in [0.15, 0.2) is 0 Å². The molecule has 0 unspecified atom stereocenters. The predicted molar refractivity (Wildman–Crippen MR) is 71.2 cm³/mol. The van der Waals surface area contributed by atoms with Crippen molar-refractivity contribution in [2.45, 2.75) is 63.6 Å². The standard InChI is InChI=1S/2C7H12O3/c2*8-6-3-1-2-5(4-6)7(9)10/h2*5-6,8H,1-4H2,(H,9,10)/t2*5-,6-/m10/s1. The molecule has 0 heterocycles. The summed E-state index contributed by atoms with van der Waals surface area (Å²) in [5.74, 6) is -2.13. The van der Waals surface area contributed by atoms with Crippen molar-refractivity contribution in [1.82, 2.24) is 0 Å². The topological polar surface area (TPSA) is 115 Å². The lowest BCUT2D eigenvalue weighted by atomic mass is 9.87. The van der Waals surface area contributed by atoms with E-state index >= 15 is 0 Å². The summed E-state index contributed by atoms with van der Waals surface area (Å²) in [6.45, 7) is 0. The molecule has 116 valence electrons. The maximum atomic E-state index is 10.4. The Kier molecular flexibility index (Phi) is 6.95. The molecule has 4 atom stereocenters. The monoisotopic (exact) mass is 288 g/mol. The molecule has 0 saturated heterocycles.